The second kappa shape index (κ2) is 67.7. The van der Waals surface area contributed by atoms with E-state index < -0.39 is 6.10 Å². The number of carbonyl (C=O) groups excluding carboxylic acids is 3. The van der Waals surface area contributed by atoms with E-state index in [0.29, 0.717) is 19.3 Å². The van der Waals surface area contributed by atoms with Gasteiger partial charge in [-0.25, -0.2) is 0 Å². The maximum absolute atomic E-state index is 12.9. The summed E-state index contributed by atoms with van der Waals surface area (Å²) in [5.74, 6) is -0.830. The predicted octanol–water partition coefficient (Wildman–Crippen LogP) is 24.4. The zero-order valence-corrected chi connectivity index (χ0v) is 53.2. The normalized spacial score (nSPS) is 12.0. The third-order valence-corrected chi connectivity index (χ3v) is 16.5. The number of hydrogen-bond donors (Lipinski definition) is 0. The van der Waals surface area contributed by atoms with Crippen LogP contribution in [0.5, 0.6) is 0 Å². The fraction of sp³-hybridized carbons (Fsp3) is 0.931. The molecule has 1 unspecified atom stereocenters. The molecule has 0 radical (unpaired) electrons. The zero-order valence-electron chi connectivity index (χ0n) is 53.2. The Labute approximate surface area is 488 Å². The highest BCUT2D eigenvalue weighted by Gasteiger charge is 2.19. The minimum Gasteiger partial charge on any atom is -0.462 e. The van der Waals surface area contributed by atoms with E-state index in [2.05, 4.69) is 32.9 Å². The molecular weight excluding hydrogens is 961 g/mol. The van der Waals surface area contributed by atoms with E-state index >= 15 is 0 Å². The summed E-state index contributed by atoms with van der Waals surface area (Å²) < 4.78 is 16.9. The highest BCUT2D eigenvalue weighted by molar-refractivity contribution is 5.71. The van der Waals surface area contributed by atoms with Crippen molar-refractivity contribution in [2.24, 2.45) is 0 Å². The summed E-state index contributed by atoms with van der Waals surface area (Å²) in [6, 6.07) is 0. The highest BCUT2D eigenvalue weighted by Crippen LogP contribution is 2.19. The molecule has 0 heterocycles. The second-order valence-electron chi connectivity index (χ2n) is 24.5. The number of allylic oxidation sites excluding steroid dienone is 2. The van der Waals surface area contributed by atoms with Crippen LogP contribution in [0, 0.1) is 0 Å². The van der Waals surface area contributed by atoms with Crippen LogP contribution in [0.25, 0.3) is 0 Å². The molecular formula is C72H138O6. The quantitative estimate of drug-likeness (QED) is 0.0261. The van der Waals surface area contributed by atoms with Crippen LogP contribution in [-0.2, 0) is 28.6 Å². The maximum atomic E-state index is 12.9. The minimum absolute atomic E-state index is 0.0619. The monoisotopic (exact) mass is 1100 g/mol. The molecule has 0 saturated carbocycles. The van der Waals surface area contributed by atoms with Crippen LogP contribution < -0.4 is 0 Å². The summed E-state index contributed by atoms with van der Waals surface area (Å²) >= 11 is 0. The number of carbonyl (C=O) groups is 3. The minimum atomic E-state index is -0.763. The Hall–Kier alpha value is -1.85. The molecule has 0 N–H and O–H groups in total. The van der Waals surface area contributed by atoms with Crippen molar-refractivity contribution in [3.8, 4) is 0 Å². The molecule has 0 aliphatic carbocycles. The van der Waals surface area contributed by atoms with Gasteiger partial charge >= 0.3 is 17.9 Å². The summed E-state index contributed by atoms with van der Waals surface area (Å²) in [4.78, 5) is 38.2. The lowest BCUT2D eigenvalue weighted by atomic mass is 10.0. The second-order valence-corrected chi connectivity index (χ2v) is 24.5. The lowest BCUT2D eigenvalue weighted by molar-refractivity contribution is -0.167. The number of rotatable bonds is 67. The van der Waals surface area contributed by atoms with Crippen molar-refractivity contribution in [1.29, 1.82) is 0 Å². The van der Waals surface area contributed by atoms with Gasteiger partial charge in [-0.05, 0) is 44.9 Å². The largest absolute Gasteiger partial charge is 0.462 e. The van der Waals surface area contributed by atoms with Crippen molar-refractivity contribution in [1.82, 2.24) is 0 Å². The topological polar surface area (TPSA) is 78.9 Å². The summed E-state index contributed by atoms with van der Waals surface area (Å²) in [6.45, 7) is 6.71. The molecule has 0 fully saturated rings. The first-order valence-corrected chi connectivity index (χ1v) is 35.7. The molecule has 0 spiro atoms. The van der Waals surface area contributed by atoms with Crippen molar-refractivity contribution in [2.45, 2.75) is 419 Å². The molecule has 0 saturated heterocycles. The lowest BCUT2D eigenvalue weighted by Gasteiger charge is -2.18. The van der Waals surface area contributed by atoms with Crippen LogP contribution in [0.15, 0.2) is 12.2 Å². The third-order valence-electron chi connectivity index (χ3n) is 16.5. The molecule has 0 rings (SSSR count). The Bertz CT molecular complexity index is 1210. The van der Waals surface area contributed by atoms with Crippen LogP contribution in [-0.4, -0.2) is 37.2 Å². The number of hydrogen-bond acceptors (Lipinski definition) is 6. The Morgan fingerprint density at radius 3 is 0.641 bits per heavy atom. The van der Waals surface area contributed by atoms with Gasteiger partial charge in [0.15, 0.2) is 6.10 Å². The van der Waals surface area contributed by atoms with Crippen LogP contribution in [0.2, 0.25) is 0 Å². The van der Waals surface area contributed by atoms with Gasteiger partial charge in [0.25, 0.3) is 0 Å². The van der Waals surface area contributed by atoms with Gasteiger partial charge in [0.05, 0.1) is 0 Å². The molecule has 1 atom stereocenters. The molecule has 0 aromatic rings. The van der Waals surface area contributed by atoms with Crippen molar-refractivity contribution in [3.05, 3.63) is 12.2 Å². The number of ether oxygens (including phenoxy) is 3. The molecule has 6 heteroatoms. The van der Waals surface area contributed by atoms with Gasteiger partial charge < -0.3 is 14.2 Å². The fourth-order valence-electron chi connectivity index (χ4n) is 11.2. The van der Waals surface area contributed by atoms with Gasteiger partial charge in [-0.15, -0.1) is 0 Å². The van der Waals surface area contributed by atoms with E-state index in [0.717, 1.165) is 57.8 Å². The molecule has 0 bridgehead atoms. The molecule has 0 aromatic heterocycles. The molecule has 78 heavy (non-hydrogen) atoms. The average molecular weight is 1100 g/mol. The van der Waals surface area contributed by atoms with Crippen LogP contribution in [0.3, 0.4) is 0 Å². The Balaban J connectivity index is 3.97. The first-order chi connectivity index (χ1) is 38.5. The van der Waals surface area contributed by atoms with Gasteiger partial charge in [-0.3, -0.25) is 14.4 Å². The summed E-state index contributed by atoms with van der Waals surface area (Å²) in [7, 11) is 0. The molecule has 0 aliphatic heterocycles. The smallest absolute Gasteiger partial charge is 0.306 e. The average Bonchev–Trinajstić information content (AvgIpc) is 3.44. The molecule has 462 valence electrons. The SMILES string of the molecule is CCCCCCCCCC/C=C\CCCCCCCCCCCCCCCCCCCCCCCCCC(=O)OCC(COC(=O)CCCCCCCCCCCCCC)OC(=O)CCCCCCCCCCCCCCC. The van der Waals surface area contributed by atoms with Gasteiger partial charge in [0, 0.05) is 19.3 Å². The fourth-order valence-corrected chi connectivity index (χ4v) is 11.2. The molecule has 0 aliphatic rings. The van der Waals surface area contributed by atoms with Crippen LogP contribution in [0.1, 0.15) is 412 Å². The van der Waals surface area contributed by atoms with Gasteiger partial charge in [-0.2, -0.15) is 0 Å². The van der Waals surface area contributed by atoms with E-state index in [4.69, 9.17) is 14.2 Å². The molecule has 0 aromatic carbocycles. The standard InChI is InChI=1S/C72H138O6/c1-4-7-10-13-16-19-22-25-26-27-28-29-30-31-32-33-34-35-36-37-38-39-40-41-42-43-44-45-46-48-50-53-56-59-62-65-71(74)77-68-69(67-76-70(73)64-61-58-55-52-49-24-21-18-15-12-9-6-3)78-72(75)66-63-60-57-54-51-47-23-20-17-14-11-8-5-2/h27-28,69H,4-26,29-68H2,1-3H3/b28-27-. The molecule has 0 amide bonds. The lowest BCUT2D eigenvalue weighted by Crippen LogP contribution is -2.30. The van der Waals surface area contributed by atoms with Gasteiger partial charge in [0.1, 0.15) is 13.2 Å². The predicted molar refractivity (Wildman–Crippen MR) is 340 cm³/mol. The van der Waals surface area contributed by atoms with Crippen LogP contribution in [0.4, 0.5) is 0 Å². The van der Waals surface area contributed by atoms with E-state index in [1.807, 2.05) is 0 Å². The van der Waals surface area contributed by atoms with Crippen molar-refractivity contribution >= 4 is 17.9 Å². The van der Waals surface area contributed by atoms with Gasteiger partial charge in [0.2, 0.25) is 0 Å². The van der Waals surface area contributed by atoms with Crippen molar-refractivity contribution in [2.75, 3.05) is 13.2 Å². The zero-order chi connectivity index (χ0) is 56.4. The summed E-state index contributed by atoms with van der Waals surface area (Å²) in [5.41, 5.74) is 0. The van der Waals surface area contributed by atoms with Crippen LogP contribution >= 0.6 is 0 Å². The van der Waals surface area contributed by atoms with Gasteiger partial charge in [-0.1, -0.05) is 360 Å². The number of unbranched alkanes of at least 4 members (excludes halogenated alkanes) is 54. The van der Waals surface area contributed by atoms with E-state index in [-0.39, 0.29) is 31.1 Å². The maximum Gasteiger partial charge on any atom is 0.306 e. The van der Waals surface area contributed by atoms with Crippen molar-refractivity contribution in [3.63, 3.8) is 0 Å². The van der Waals surface area contributed by atoms with E-state index in [9.17, 15) is 14.4 Å². The van der Waals surface area contributed by atoms with E-state index in [1.165, 1.54) is 315 Å². The number of esters is 3. The first-order valence-electron chi connectivity index (χ1n) is 35.7. The molecule has 6 nitrogen and oxygen atoms in total. The Morgan fingerprint density at radius 1 is 0.244 bits per heavy atom. The Morgan fingerprint density at radius 2 is 0.423 bits per heavy atom. The first kappa shape index (κ1) is 76.1. The third kappa shape index (κ3) is 65.0. The Kier molecular flexibility index (Phi) is 66.0. The van der Waals surface area contributed by atoms with Crippen molar-refractivity contribution < 1.29 is 28.6 Å². The van der Waals surface area contributed by atoms with E-state index in [1.54, 1.807) is 0 Å². The summed E-state index contributed by atoms with van der Waals surface area (Å²) in [6.07, 6.45) is 81.3. The summed E-state index contributed by atoms with van der Waals surface area (Å²) in [5, 5.41) is 0. The highest BCUT2D eigenvalue weighted by atomic mass is 16.6.